The Hall–Kier alpha value is -1.81. The molecule has 0 spiro atoms. The molecular weight excluding hydrogens is 330 g/mol. The van der Waals surface area contributed by atoms with Gasteiger partial charge in [0.25, 0.3) is 5.91 Å². The molecule has 1 amide bonds. The molecule has 0 unspecified atom stereocenters. The van der Waals surface area contributed by atoms with E-state index < -0.39 is 0 Å². The predicted octanol–water partition coefficient (Wildman–Crippen LogP) is 5.47. The fourth-order valence-corrected chi connectivity index (χ4v) is 3.97. The van der Waals surface area contributed by atoms with Gasteiger partial charge in [0, 0.05) is 18.7 Å². The van der Waals surface area contributed by atoms with Gasteiger partial charge in [0.15, 0.2) is 0 Å². The van der Waals surface area contributed by atoms with Gasteiger partial charge in [-0.2, -0.15) is 0 Å². The number of hydrogen-bond donors (Lipinski definition) is 0. The second kappa shape index (κ2) is 8.52. The minimum atomic E-state index is 0.180. The molecule has 134 valence electrons. The zero-order valence-electron chi connectivity index (χ0n) is 15.2. The molecule has 1 aromatic carbocycles. The van der Waals surface area contributed by atoms with E-state index in [0.29, 0.717) is 12.5 Å². The van der Waals surface area contributed by atoms with Gasteiger partial charge >= 0.3 is 0 Å². The van der Waals surface area contributed by atoms with E-state index in [0.717, 1.165) is 42.1 Å². The molecule has 0 radical (unpaired) electrons. The molecule has 2 heterocycles. The van der Waals surface area contributed by atoms with E-state index >= 15 is 0 Å². The van der Waals surface area contributed by atoms with Crippen molar-refractivity contribution in [2.75, 3.05) is 13.1 Å². The van der Waals surface area contributed by atoms with Crippen LogP contribution in [0.25, 0.3) is 0 Å². The van der Waals surface area contributed by atoms with Gasteiger partial charge in [-0.1, -0.05) is 38.8 Å². The Morgan fingerprint density at radius 2 is 1.80 bits per heavy atom. The standard InChI is InChI=1S/C21H27NO2S/c1-16(2)18-7-9-19(10-8-18)24-14-17-13-20(25-15-17)21(23)22-11-5-3-4-6-12-22/h7-10,13,15-16H,3-6,11-12,14H2,1-2H3. The molecule has 1 aromatic heterocycles. The highest BCUT2D eigenvalue weighted by Crippen LogP contribution is 2.22. The third-order valence-electron chi connectivity index (χ3n) is 4.71. The van der Waals surface area contributed by atoms with Crippen LogP contribution in [0, 0.1) is 0 Å². The van der Waals surface area contributed by atoms with E-state index in [4.69, 9.17) is 4.74 Å². The number of thiophene rings is 1. The molecule has 0 atom stereocenters. The van der Waals surface area contributed by atoms with Crippen LogP contribution in [0.1, 0.15) is 66.2 Å². The molecule has 1 saturated heterocycles. The van der Waals surface area contributed by atoms with Crippen LogP contribution < -0.4 is 4.74 Å². The number of likely N-dealkylation sites (tertiary alicyclic amines) is 1. The predicted molar refractivity (Wildman–Crippen MR) is 104 cm³/mol. The number of ether oxygens (including phenoxy) is 1. The summed E-state index contributed by atoms with van der Waals surface area (Å²) in [6.07, 6.45) is 4.73. The number of nitrogens with zero attached hydrogens (tertiary/aromatic N) is 1. The maximum absolute atomic E-state index is 12.6. The zero-order valence-corrected chi connectivity index (χ0v) is 16.0. The summed E-state index contributed by atoms with van der Waals surface area (Å²) in [7, 11) is 0. The second-order valence-electron chi connectivity index (χ2n) is 7.04. The average molecular weight is 358 g/mol. The Labute approximate surface area is 154 Å². The fourth-order valence-electron chi connectivity index (χ4n) is 3.11. The summed E-state index contributed by atoms with van der Waals surface area (Å²) >= 11 is 1.53. The minimum Gasteiger partial charge on any atom is -0.489 e. The summed E-state index contributed by atoms with van der Waals surface area (Å²) < 4.78 is 5.87. The van der Waals surface area contributed by atoms with Crippen molar-refractivity contribution in [2.24, 2.45) is 0 Å². The van der Waals surface area contributed by atoms with Crippen molar-refractivity contribution < 1.29 is 9.53 Å². The van der Waals surface area contributed by atoms with E-state index in [2.05, 4.69) is 26.0 Å². The molecule has 25 heavy (non-hydrogen) atoms. The third kappa shape index (κ3) is 4.85. The lowest BCUT2D eigenvalue weighted by molar-refractivity contribution is 0.0766. The van der Waals surface area contributed by atoms with E-state index in [1.807, 2.05) is 28.5 Å². The number of carbonyl (C=O) groups is 1. The van der Waals surface area contributed by atoms with Crippen molar-refractivity contribution >= 4 is 17.2 Å². The highest BCUT2D eigenvalue weighted by Gasteiger charge is 2.19. The van der Waals surface area contributed by atoms with Crippen LogP contribution in [0.2, 0.25) is 0 Å². The number of benzene rings is 1. The molecule has 3 nitrogen and oxygen atoms in total. The minimum absolute atomic E-state index is 0.180. The average Bonchev–Trinajstić information content (AvgIpc) is 2.93. The first-order valence-electron chi connectivity index (χ1n) is 9.23. The lowest BCUT2D eigenvalue weighted by Gasteiger charge is -2.19. The molecule has 3 rings (SSSR count). The topological polar surface area (TPSA) is 29.5 Å². The summed E-state index contributed by atoms with van der Waals surface area (Å²) in [5.41, 5.74) is 2.38. The van der Waals surface area contributed by atoms with Gasteiger partial charge in [-0.15, -0.1) is 11.3 Å². The van der Waals surface area contributed by atoms with E-state index in [1.54, 1.807) is 0 Å². The van der Waals surface area contributed by atoms with Gasteiger partial charge in [0.05, 0.1) is 4.88 Å². The highest BCUT2D eigenvalue weighted by atomic mass is 32.1. The van der Waals surface area contributed by atoms with Gasteiger partial charge in [-0.25, -0.2) is 0 Å². The highest BCUT2D eigenvalue weighted by molar-refractivity contribution is 7.12. The normalized spacial score (nSPS) is 15.2. The van der Waals surface area contributed by atoms with Crippen molar-refractivity contribution in [3.8, 4) is 5.75 Å². The number of amides is 1. The smallest absolute Gasteiger partial charge is 0.263 e. The number of carbonyl (C=O) groups excluding carboxylic acids is 1. The Morgan fingerprint density at radius 1 is 1.12 bits per heavy atom. The molecule has 0 aliphatic carbocycles. The van der Waals surface area contributed by atoms with Gasteiger partial charge in [0.1, 0.15) is 12.4 Å². The SMILES string of the molecule is CC(C)c1ccc(OCc2csc(C(=O)N3CCCCCC3)c2)cc1. The Morgan fingerprint density at radius 3 is 2.44 bits per heavy atom. The van der Waals surface area contributed by atoms with Crippen LogP contribution >= 0.6 is 11.3 Å². The maximum atomic E-state index is 12.6. The van der Waals surface area contributed by atoms with Gasteiger partial charge in [-0.3, -0.25) is 4.79 Å². The van der Waals surface area contributed by atoms with E-state index in [9.17, 15) is 4.79 Å². The molecular formula is C21H27NO2S. The molecule has 1 fully saturated rings. The Balaban J connectivity index is 1.56. The first-order chi connectivity index (χ1) is 12.1. The molecule has 0 N–H and O–H groups in total. The van der Waals surface area contributed by atoms with Gasteiger partial charge < -0.3 is 9.64 Å². The Kier molecular flexibility index (Phi) is 6.14. The molecule has 4 heteroatoms. The lowest BCUT2D eigenvalue weighted by Crippen LogP contribution is -2.31. The first kappa shape index (κ1) is 18.0. The van der Waals surface area contributed by atoms with Crippen LogP contribution in [-0.2, 0) is 6.61 Å². The molecule has 0 saturated carbocycles. The Bertz CT molecular complexity index is 682. The molecule has 2 aromatic rings. The quantitative estimate of drug-likeness (QED) is 0.710. The summed E-state index contributed by atoms with van der Waals surface area (Å²) in [4.78, 5) is 15.5. The van der Waals surface area contributed by atoms with Crippen molar-refractivity contribution in [1.82, 2.24) is 4.90 Å². The first-order valence-corrected chi connectivity index (χ1v) is 10.1. The van der Waals surface area contributed by atoms with Crippen LogP contribution in [0.15, 0.2) is 35.7 Å². The monoisotopic (exact) mass is 357 g/mol. The lowest BCUT2D eigenvalue weighted by atomic mass is 10.0. The molecule has 1 aliphatic heterocycles. The van der Waals surface area contributed by atoms with Crippen LogP contribution in [0.3, 0.4) is 0 Å². The van der Waals surface area contributed by atoms with Crippen LogP contribution in [-0.4, -0.2) is 23.9 Å². The molecule has 0 bridgehead atoms. The van der Waals surface area contributed by atoms with Gasteiger partial charge in [0.2, 0.25) is 0 Å². The maximum Gasteiger partial charge on any atom is 0.263 e. The van der Waals surface area contributed by atoms with Crippen molar-refractivity contribution in [1.29, 1.82) is 0 Å². The second-order valence-corrected chi connectivity index (χ2v) is 7.95. The fraction of sp³-hybridized carbons (Fsp3) is 0.476. The number of rotatable bonds is 5. The summed E-state index contributed by atoms with van der Waals surface area (Å²) in [6, 6.07) is 10.3. The van der Waals surface area contributed by atoms with E-state index in [-0.39, 0.29) is 5.91 Å². The summed E-state index contributed by atoms with van der Waals surface area (Å²) in [5, 5.41) is 2.04. The largest absolute Gasteiger partial charge is 0.489 e. The summed E-state index contributed by atoms with van der Waals surface area (Å²) in [6.45, 7) is 6.66. The third-order valence-corrected chi connectivity index (χ3v) is 5.68. The zero-order chi connectivity index (χ0) is 17.6. The van der Waals surface area contributed by atoms with Crippen molar-refractivity contribution in [3.05, 3.63) is 51.7 Å². The van der Waals surface area contributed by atoms with Gasteiger partial charge in [-0.05, 0) is 47.9 Å². The molecule has 1 aliphatic rings. The van der Waals surface area contributed by atoms with Crippen LogP contribution in [0.4, 0.5) is 0 Å². The van der Waals surface area contributed by atoms with Crippen LogP contribution in [0.5, 0.6) is 5.75 Å². The van der Waals surface area contributed by atoms with E-state index in [1.165, 1.54) is 29.7 Å². The number of hydrogen-bond acceptors (Lipinski definition) is 3. The summed E-state index contributed by atoms with van der Waals surface area (Å²) in [5.74, 6) is 1.58. The van der Waals surface area contributed by atoms with Crippen molar-refractivity contribution in [2.45, 2.75) is 52.1 Å². The van der Waals surface area contributed by atoms with Crippen molar-refractivity contribution in [3.63, 3.8) is 0 Å².